The molecule has 2 aromatic heterocycles. The lowest BCUT2D eigenvalue weighted by molar-refractivity contribution is -0.126. The normalized spacial score (nSPS) is 18.6. The Bertz CT molecular complexity index is 860. The van der Waals surface area contributed by atoms with Gasteiger partial charge in [0.1, 0.15) is 10.6 Å². The van der Waals surface area contributed by atoms with Crippen molar-refractivity contribution in [3.63, 3.8) is 0 Å². The van der Waals surface area contributed by atoms with Crippen molar-refractivity contribution in [3.05, 3.63) is 41.5 Å². The van der Waals surface area contributed by atoms with Crippen molar-refractivity contribution < 1.29 is 17.7 Å². The summed E-state index contributed by atoms with van der Waals surface area (Å²) < 4.78 is 32.2. The van der Waals surface area contributed by atoms with E-state index >= 15 is 0 Å². The van der Waals surface area contributed by atoms with Crippen LogP contribution in [0.2, 0.25) is 0 Å². The maximum atomic E-state index is 12.9. The lowest BCUT2D eigenvalue weighted by Crippen LogP contribution is -2.45. The van der Waals surface area contributed by atoms with E-state index in [1.165, 1.54) is 4.31 Å². The van der Waals surface area contributed by atoms with E-state index in [1.807, 2.05) is 18.2 Å². The number of sulfonamides is 1. The Hall–Kier alpha value is -2.26. The number of carbonyl (C=O) groups excluding carboxylic acids is 1. The Balaban J connectivity index is 1.68. The van der Waals surface area contributed by atoms with Gasteiger partial charge in [0.05, 0.1) is 18.2 Å². The van der Waals surface area contributed by atoms with Crippen molar-refractivity contribution in [1.82, 2.24) is 19.8 Å². The van der Waals surface area contributed by atoms with Crippen molar-refractivity contribution in [2.24, 2.45) is 5.92 Å². The monoisotopic (exact) mass is 378 g/mol. The number of rotatable bonds is 5. The molecule has 0 unspecified atom stereocenters. The van der Waals surface area contributed by atoms with Gasteiger partial charge in [0.15, 0.2) is 5.76 Å². The molecule has 1 amide bonds. The zero-order valence-corrected chi connectivity index (χ0v) is 15.6. The number of hydrogen-bond acceptors (Lipinski definition) is 6. The van der Waals surface area contributed by atoms with E-state index in [0.717, 1.165) is 5.69 Å². The predicted molar refractivity (Wildman–Crippen MR) is 93.5 cm³/mol. The highest BCUT2D eigenvalue weighted by atomic mass is 32.2. The Labute approximate surface area is 152 Å². The number of carbonyl (C=O) groups is 1. The van der Waals surface area contributed by atoms with Crippen LogP contribution in [-0.4, -0.2) is 41.9 Å². The van der Waals surface area contributed by atoms with Crippen LogP contribution in [0.4, 0.5) is 0 Å². The van der Waals surface area contributed by atoms with E-state index in [-0.39, 0.29) is 29.0 Å². The average molecular weight is 378 g/mol. The molecule has 1 fully saturated rings. The number of piperidine rings is 1. The number of amides is 1. The smallest absolute Gasteiger partial charge is 0.248 e. The molecule has 1 aliphatic heterocycles. The van der Waals surface area contributed by atoms with Gasteiger partial charge in [0.2, 0.25) is 15.9 Å². The fraction of sp³-hybridized carbons (Fsp3) is 0.471. The zero-order chi connectivity index (χ0) is 18.7. The third-order valence-electron chi connectivity index (χ3n) is 4.49. The molecule has 8 nitrogen and oxygen atoms in total. The molecule has 0 bridgehead atoms. The second-order valence-corrected chi connectivity index (χ2v) is 8.27. The van der Waals surface area contributed by atoms with Crippen LogP contribution in [0.5, 0.6) is 0 Å². The molecular formula is C17H22N4O4S. The summed E-state index contributed by atoms with van der Waals surface area (Å²) in [5, 5.41) is 6.57. The first kappa shape index (κ1) is 18.5. The summed E-state index contributed by atoms with van der Waals surface area (Å²) in [5.74, 6) is -0.277. The average Bonchev–Trinajstić information content (AvgIpc) is 2.99. The molecule has 0 spiro atoms. The molecule has 3 rings (SSSR count). The van der Waals surface area contributed by atoms with Crippen LogP contribution < -0.4 is 5.32 Å². The van der Waals surface area contributed by atoms with Crippen LogP contribution in [0.15, 0.2) is 33.8 Å². The third kappa shape index (κ3) is 3.78. The second-order valence-electron chi connectivity index (χ2n) is 6.39. The highest BCUT2D eigenvalue weighted by Crippen LogP contribution is 2.27. The van der Waals surface area contributed by atoms with Gasteiger partial charge < -0.3 is 9.84 Å². The standard InChI is InChI=1S/C17H22N4O4S/c1-12-16(13(2)25-20-12)26(23,24)21-9-5-6-14(11-21)17(22)19-10-15-7-3-4-8-18-15/h3-4,7-8,14H,5-6,9-11H2,1-2H3,(H,19,22)/t14-/m1/s1. The van der Waals surface area contributed by atoms with E-state index < -0.39 is 10.0 Å². The van der Waals surface area contributed by atoms with E-state index in [9.17, 15) is 13.2 Å². The molecule has 0 radical (unpaired) electrons. The molecule has 1 N–H and O–H groups in total. The van der Waals surface area contributed by atoms with Gasteiger partial charge in [-0.15, -0.1) is 0 Å². The predicted octanol–water partition coefficient (Wildman–Crippen LogP) is 1.40. The van der Waals surface area contributed by atoms with Crippen molar-refractivity contribution in [2.45, 2.75) is 38.1 Å². The molecule has 1 aliphatic rings. The molecule has 26 heavy (non-hydrogen) atoms. The summed E-state index contributed by atoms with van der Waals surface area (Å²) in [6.45, 7) is 4.04. The van der Waals surface area contributed by atoms with E-state index in [0.29, 0.717) is 31.6 Å². The maximum Gasteiger partial charge on any atom is 0.248 e. The minimum Gasteiger partial charge on any atom is -0.360 e. The quantitative estimate of drug-likeness (QED) is 0.843. The molecule has 1 saturated heterocycles. The van der Waals surface area contributed by atoms with E-state index in [4.69, 9.17) is 4.52 Å². The minimum absolute atomic E-state index is 0.104. The SMILES string of the molecule is Cc1noc(C)c1S(=O)(=O)N1CCC[C@@H](C(=O)NCc2ccccn2)C1. The Morgan fingerprint density at radius 2 is 2.19 bits per heavy atom. The van der Waals surface area contributed by atoms with E-state index in [2.05, 4.69) is 15.5 Å². The molecule has 2 aromatic rings. The first-order valence-electron chi connectivity index (χ1n) is 8.50. The number of nitrogens with one attached hydrogen (secondary N) is 1. The summed E-state index contributed by atoms with van der Waals surface area (Å²) >= 11 is 0. The molecule has 0 aromatic carbocycles. The van der Waals surface area contributed by atoms with Crippen molar-refractivity contribution >= 4 is 15.9 Å². The first-order valence-corrected chi connectivity index (χ1v) is 9.94. The lowest BCUT2D eigenvalue weighted by Gasteiger charge is -2.31. The molecule has 140 valence electrons. The highest BCUT2D eigenvalue weighted by molar-refractivity contribution is 7.89. The summed E-state index contributed by atoms with van der Waals surface area (Å²) in [5.41, 5.74) is 1.10. The number of hydrogen-bond donors (Lipinski definition) is 1. The Morgan fingerprint density at radius 1 is 1.38 bits per heavy atom. The molecule has 0 saturated carbocycles. The van der Waals surface area contributed by atoms with Gasteiger partial charge in [-0.3, -0.25) is 9.78 Å². The van der Waals surface area contributed by atoms with Gasteiger partial charge in [-0.25, -0.2) is 8.42 Å². The van der Waals surface area contributed by atoms with Crippen LogP contribution in [-0.2, 0) is 21.4 Å². The molecule has 3 heterocycles. The minimum atomic E-state index is -3.73. The van der Waals surface area contributed by atoms with Crippen LogP contribution >= 0.6 is 0 Å². The zero-order valence-electron chi connectivity index (χ0n) is 14.8. The summed E-state index contributed by atoms with van der Waals surface area (Å²) in [7, 11) is -3.73. The van der Waals surface area contributed by atoms with Crippen LogP contribution in [0, 0.1) is 19.8 Å². The summed E-state index contributed by atoms with van der Waals surface area (Å²) in [6.07, 6.45) is 2.95. The fourth-order valence-electron chi connectivity index (χ4n) is 3.17. The molecular weight excluding hydrogens is 356 g/mol. The maximum absolute atomic E-state index is 12.9. The van der Waals surface area contributed by atoms with Gasteiger partial charge in [-0.1, -0.05) is 11.2 Å². The number of pyridine rings is 1. The van der Waals surface area contributed by atoms with Crippen molar-refractivity contribution in [2.75, 3.05) is 13.1 Å². The van der Waals surface area contributed by atoms with Crippen molar-refractivity contribution in [3.8, 4) is 0 Å². The molecule has 1 atom stereocenters. The van der Waals surface area contributed by atoms with Crippen LogP contribution in [0.1, 0.15) is 30.0 Å². The van der Waals surface area contributed by atoms with Gasteiger partial charge in [-0.2, -0.15) is 4.31 Å². The van der Waals surface area contributed by atoms with Gasteiger partial charge in [-0.05, 0) is 38.8 Å². The third-order valence-corrected chi connectivity index (χ3v) is 6.60. The number of aryl methyl sites for hydroxylation is 2. The summed E-state index contributed by atoms with van der Waals surface area (Å²) in [4.78, 5) is 16.7. The number of aromatic nitrogens is 2. The first-order chi connectivity index (χ1) is 12.4. The highest BCUT2D eigenvalue weighted by Gasteiger charge is 2.36. The van der Waals surface area contributed by atoms with Gasteiger partial charge in [0.25, 0.3) is 0 Å². The van der Waals surface area contributed by atoms with Gasteiger partial charge >= 0.3 is 0 Å². The number of nitrogens with zero attached hydrogens (tertiary/aromatic N) is 3. The molecule has 0 aliphatic carbocycles. The summed E-state index contributed by atoms with van der Waals surface area (Å²) in [6, 6.07) is 5.49. The van der Waals surface area contributed by atoms with E-state index in [1.54, 1.807) is 20.0 Å². The van der Waals surface area contributed by atoms with Crippen LogP contribution in [0.3, 0.4) is 0 Å². The fourth-order valence-corrected chi connectivity index (χ4v) is 4.99. The second kappa shape index (κ2) is 7.55. The lowest BCUT2D eigenvalue weighted by atomic mass is 9.99. The topological polar surface area (TPSA) is 105 Å². The Morgan fingerprint density at radius 3 is 2.85 bits per heavy atom. The van der Waals surface area contributed by atoms with Crippen LogP contribution in [0.25, 0.3) is 0 Å². The molecule has 9 heteroatoms. The largest absolute Gasteiger partial charge is 0.360 e. The van der Waals surface area contributed by atoms with Crippen molar-refractivity contribution in [1.29, 1.82) is 0 Å². The van der Waals surface area contributed by atoms with Gasteiger partial charge in [0, 0.05) is 19.3 Å². The Kier molecular flexibility index (Phi) is 5.38.